The minimum Gasteiger partial charge on any atom is -0.407 e. The van der Waals surface area contributed by atoms with Gasteiger partial charge in [-0.3, -0.25) is 10.1 Å². The first-order valence-electron chi connectivity index (χ1n) is 9.02. The van der Waals surface area contributed by atoms with E-state index in [1.807, 2.05) is 37.3 Å². The molecule has 1 aromatic heterocycles. The van der Waals surface area contributed by atoms with Gasteiger partial charge in [-0.15, -0.1) is 16.9 Å². The highest BCUT2D eigenvalue weighted by atomic mass is 32.2. The molecule has 0 radical (unpaired) electrons. The first-order valence-corrected chi connectivity index (χ1v) is 11.7. The Hall–Kier alpha value is -2.65. The van der Waals surface area contributed by atoms with Crippen molar-refractivity contribution >= 4 is 33.5 Å². The van der Waals surface area contributed by atoms with E-state index in [-0.39, 0.29) is 35.4 Å². The SMILES string of the molecule is Cc1ccc(S(=O)(=O)CCCC(=O)Nc2nnc(CSc3ccccc3)o2)cc1. The molecule has 3 rings (SSSR count). The van der Waals surface area contributed by atoms with Crippen LogP contribution in [0.25, 0.3) is 0 Å². The maximum atomic E-state index is 12.3. The van der Waals surface area contributed by atoms with Gasteiger partial charge in [0, 0.05) is 11.3 Å². The molecule has 2 aromatic carbocycles. The van der Waals surface area contributed by atoms with Crippen molar-refractivity contribution < 1.29 is 17.6 Å². The molecule has 0 unspecified atom stereocenters. The van der Waals surface area contributed by atoms with Crippen LogP contribution in [0.5, 0.6) is 0 Å². The quantitative estimate of drug-likeness (QED) is 0.513. The highest BCUT2D eigenvalue weighted by Gasteiger charge is 2.16. The largest absolute Gasteiger partial charge is 0.407 e. The van der Waals surface area contributed by atoms with Crippen LogP contribution in [0.15, 0.2) is 68.8 Å². The molecular formula is C20H21N3O4S2. The second kappa shape index (κ2) is 9.71. The Kier molecular flexibility index (Phi) is 7.05. The third-order valence-electron chi connectivity index (χ3n) is 4.02. The lowest BCUT2D eigenvalue weighted by Gasteiger charge is -2.05. The van der Waals surface area contributed by atoms with E-state index in [1.165, 1.54) is 0 Å². The number of rotatable bonds is 9. The number of aromatic nitrogens is 2. The maximum absolute atomic E-state index is 12.3. The van der Waals surface area contributed by atoms with E-state index in [0.29, 0.717) is 11.6 Å². The van der Waals surface area contributed by atoms with Crippen molar-refractivity contribution in [3.05, 3.63) is 66.1 Å². The van der Waals surface area contributed by atoms with Gasteiger partial charge in [0.05, 0.1) is 16.4 Å². The molecule has 0 fully saturated rings. The number of amides is 1. The molecule has 0 atom stereocenters. The Balaban J connectivity index is 1.44. The fraction of sp³-hybridized carbons (Fsp3) is 0.250. The Morgan fingerprint density at radius 2 is 1.79 bits per heavy atom. The lowest BCUT2D eigenvalue weighted by atomic mass is 10.2. The van der Waals surface area contributed by atoms with Crippen molar-refractivity contribution in [2.45, 2.75) is 35.3 Å². The molecular weight excluding hydrogens is 410 g/mol. The van der Waals surface area contributed by atoms with E-state index in [4.69, 9.17) is 4.42 Å². The molecule has 0 saturated carbocycles. The molecule has 1 N–H and O–H groups in total. The molecule has 29 heavy (non-hydrogen) atoms. The molecule has 152 valence electrons. The van der Waals surface area contributed by atoms with Gasteiger partial charge in [-0.25, -0.2) is 8.42 Å². The number of sulfone groups is 1. The number of carbonyl (C=O) groups excluding carboxylic acids is 1. The highest BCUT2D eigenvalue weighted by Crippen LogP contribution is 2.22. The Morgan fingerprint density at radius 3 is 2.52 bits per heavy atom. The lowest BCUT2D eigenvalue weighted by Crippen LogP contribution is -2.14. The van der Waals surface area contributed by atoms with Crippen LogP contribution < -0.4 is 5.32 Å². The standard InChI is InChI=1S/C20H21N3O4S2/c1-15-9-11-17(12-10-15)29(25,26)13-5-8-18(24)21-20-23-22-19(27-20)14-28-16-6-3-2-4-7-16/h2-4,6-7,9-12H,5,8,13-14H2,1H3,(H,21,23,24). The van der Waals surface area contributed by atoms with E-state index in [0.717, 1.165) is 10.5 Å². The molecule has 3 aromatic rings. The smallest absolute Gasteiger partial charge is 0.322 e. The van der Waals surface area contributed by atoms with Crippen molar-refractivity contribution in [3.8, 4) is 0 Å². The molecule has 0 aliphatic carbocycles. The molecule has 0 spiro atoms. The Bertz CT molecular complexity index is 1050. The molecule has 7 nitrogen and oxygen atoms in total. The summed E-state index contributed by atoms with van der Waals surface area (Å²) in [5.74, 6) is 0.416. The topological polar surface area (TPSA) is 102 Å². The van der Waals surface area contributed by atoms with Gasteiger partial charge in [0.15, 0.2) is 9.84 Å². The summed E-state index contributed by atoms with van der Waals surface area (Å²) in [6.45, 7) is 1.89. The van der Waals surface area contributed by atoms with Crippen LogP contribution in [-0.2, 0) is 20.4 Å². The Labute approximate surface area is 173 Å². The van der Waals surface area contributed by atoms with Gasteiger partial charge in [-0.2, -0.15) is 0 Å². The number of aryl methyl sites for hydroxylation is 1. The number of benzene rings is 2. The monoisotopic (exact) mass is 431 g/mol. The predicted molar refractivity (Wildman–Crippen MR) is 111 cm³/mol. The second-order valence-corrected chi connectivity index (χ2v) is 9.54. The number of hydrogen-bond donors (Lipinski definition) is 1. The second-order valence-electron chi connectivity index (χ2n) is 6.39. The summed E-state index contributed by atoms with van der Waals surface area (Å²) in [4.78, 5) is 13.4. The zero-order valence-electron chi connectivity index (χ0n) is 15.9. The van der Waals surface area contributed by atoms with Crippen molar-refractivity contribution in [1.29, 1.82) is 0 Å². The summed E-state index contributed by atoms with van der Waals surface area (Å²) < 4.78 is 30.0. The van der Waals surface area contributed by atoms with Crippen LogP contribution >= 0.6 is 11.8 Å². The van der Waals surface area contributed by atoms with Crippen LogP contribution in [0.3, 0.4) is 0 Å². The summed E-state index contributed by atoms with van der Waals surface area (Å²) in [5, 5.41) is 10.2. The van der Waals surface area contributed by atoms with Gasteiger partial charge in [0.25, 0.3) is 0 Å². The first kappa shape index (κ1) is 21.1. The number of carbonyl (C=O) groups is 1. The third-order valence-corrected chi connectivity index (χ3v) is 6.83. The zero-order chi connectivity index (χ0) is 20.7. The van der Waals surface area contributed by atoms with Crippen LogP contribution in [-0.4, -0.2) is 30.3 Å². The summed E-state index contributed by atoms with van der Waals surface area (Å²) in [5.41, 5.74) is 0.990. The van der Waals surface area contributed by atoms with Crippen molar-refractivity contribution in [3.63, 3.8) is 0 Å². The van der Waals surface area contributed by atoms with Gasteiger partial charge in [0.2, 0.25) is 11.8 Å². The lowest BCUT2D eigenvalue weighted by molar-refractivity contribution is -0.116. The zero-order valence-corrected chi connectivity index (χ0v) is 17.5. The van der Waals surface area contributed by atoms with Gasteiger partial charge >= 0.3 is 6.01 Å². The first-order chi connectivity index (χ1) is 13.9. The van der Waals surface area contributed by atoms with E-state index >= 15 is 0 Å². The summed E-state index contributed by atoms with van der Waals surface area (Å²) in [7, 11) is -3.41. The molecule has 0 aliphatic rings. The molecule has 9 heteroatoms. The average molecular weight is 432 g/mol. The number of thioether (sulfide) groups is 1. The molecule has 1 amide bonds. The van der Waals surface area contributed by atoms with Crippen LogP contribution in [0.1, 0.15) is 24.3 Å². The van der Waals surface area contributed by atoms with Crippen molar-refractivity contribution in [1.82, 2.24) is 10.2 Å². The number of anilines is 1. The summed E-state index contributed by atoms with van der Waals surface area (Å²) in [6, 6.07) is 16.5. The number of hydrogen-bond acceptors (Lipinski definition) is 7. The molecule has 0 bridgehead atoms. The van der Waals surface area contributed by atoms with Crippen LogP contribution in [0, 0.1) is 6.92 Å². The van der Waals surface area contributed by atoms with Gasteiger partial charge < -0.3 is 4.42 Å². The van der Waals surface area contributed by atoms with Crippen molar-refractivity contribution in [2.24, 2.45) is 0 Å². The number of nitrogens with zero attached hydrogens (tertiary/aromatic N) is 2. The van der Waals surface area contributed by atoms with E-state index in [1.54, 1.807) is 36.0 Å². The highest BCUT2D eigenvalue weighted by molar-refractivity contribution is 7.98. The van der Waals surface area contributed by atoms with Gasteiger partial charge in [0.1, 0.15) is 0 Å². The summed E-state index contributed by atoms with van der Waals surface area (Å²) in [6.07, 6.45) is 0.245. The Morgan fingerprint density at radius 1 is 1.07 bits per heavy atom. The van der Waals surface area contributed by atoms with Crippen LogP contribution in [0.2, 0.25) is 0 Å². The van der Waals surface area contributed by atoms with Crippen LogP contribution in [0.4, 0.5) is 6.01 Å². The van der Waals surface area contributed by atoms with E-state index in [9.17, 15) is 13.2 Å². The molecule has 0 aliphatic heterocycles. The minimum absolute atomic E-state index is 0.0139. The fourth-order valence-corrected chi connectivity index (χ4v) is 4.56. The van der Waals surface area contributed by atoms with Crippen molar-refractivity contribution in [2.75, 3.05) is 11.1 Å². The third kappa shape index (κ3) is 6.43. The van der Waals surface area contributed by atoms with Gasteiger partial charge in [-0.05, 0) is 37.6 Å². The normalized spacial score (nSPS) is 11.3. The maximum Gasteiger partial charge on any atom is 0.322 e. The fourth-order valence-electron chi connectivity index (χ4n) is 2.49. The minimum atomic E-state index is -3.41. The number of nitrogens with one attached hydrogen (secondary N) is 1. The average Bonchev–Trinajstić information content (AvgIpc) is 3.14. The molecule has 0 saturated heterocycles. The van der Waals surface area contributed by atoms with E-state index in [2.05, 4.69) is 15.5 Å². The van der Waals surface area contributed by atoms with E-state index < -0.39 is 9.84 Å². The summed E-state index contributed by atoms with van der Waals surface area (Å²) >= 11 is 1.55. The van der Waals surface area contributed by atoms with Gasteiger partial charge in [-0.1, -0.05) is 41.0 Å². The molecule has 1 heterocycles. The predicted octanol–water partition coefficient (Wildman–Crippen LogP) is 3.86.